The molecule has 0 saturated heterocycles. The van der Waals surface area contributed by atoms with Gasteiger partial charge in [-0.05, 0) is 48.2 Å². The maximum absolute atomic E-state index is 13.3. The highest BCUT2D eigenvalue weighted by atomic mass is 32.2. The van der Waals surface area contributed by atoms with Gasteiger partial charge in [0.05, 0.1) is 10.9 Å². The number of sulfonamides is 1. The lowest BCUT2D eigenvalue weighted by Gasteiger charge is -2.22. The molecule has 2 unspecified atom stereocenters. The summed E-state index contributed by atoms with van der Waals surface area (Å²) in [6.07, 6.45) is 0.525. The zero-order chi connectivity index (χ0) is 27.5. The van der Waals surface area contributed by atoms with Crippen LogP contribution in [-0.2, 0) is 32.4 Å². The van der Waals surface area contributed by atoms with Crippen LogP contribution >= 0.6 is 0 Å². The number of carbonyl (C=O) groups excluding carboxylic acids is 2. The van der Waals surface area contributed by atoms with Crippen LogP contribution in [0.1, 0.15) is 21.5 Å². The summed E-state index contributed by atoms with van der Waals surface area (Å²) < 4.78 is 34.2. The molecule has 0 aromatic heterocycles. The predicted octanol–water partition coefficient (Wildman–Crippen LogP) is 4.16. The fraction of sp³-hybridized carbons (Fsp3) is 0.161. The molecule has 0 aliphatic rings. The van der Waals surface area contributed by atoms with Crippen molar-refractivity contribution >= 4 is 21.9 Å². The minimum atomic E-state index is -3.99. The topological polar surface area (TPSA) is 102 Å². The summed E-state index contributed by atoms with van der Waals surface area (Å²) in [6.45, 7) is -0.134. The lowest BCUT2D eigenvalue weighted by atomic mass is 10.1. The van der Waals surface area contributed by atoms with E-state index in [9.17, 15) is 18.0 Å². The molecule has 8 heteroatoms. The van der Waals surface area contributed by atoms with Gasteiger partial charge in [0.2, 0.25) is 10.0 Å². The maximum Gasteiger partial charge on any atom is 0.324 e. The summed E-state index contributed by atoms with van der Waals surface area (Å²) in [4.78, 5) is 26.2. The van der Waals surface area contributed by atoms with Gasteiger partial charge in [-0.25, -0.2) is 8.42 Å². The van der Waals surface area contributed by atoms with Gasteiger partial charge in [0.15, 0.2) is 0 Å². The van der Waals surface area contributed by atoms with Crippen LogP contribution < -0.4 is 10.0 Å². The highest BCUT2D eigenvalue weighted by Crippen LogP contribution is 2.13. The highest BCUT2D eigenvalue weighted by Gasteiger charge is 2.28. The minimum absolute atomic E-state index is 0.0490. The van der Waals surface area contributed by atoms with Crippen LogP contribution in [0, 0.1) is 0 Å². The van der Waals surface area contributed by atoms with E-state index in [2.05, 4.69) is 10.0 Å². The second-order valence-electron chi connectivity index (χ2n) is 9.03. The van der Waals surface area contributed by atoms with Crippen LogP contribution in [0.15, 0.2) is 126 Å². The van der Waals surface area contributed by atoms with Crippen LogP contribution in [0.3, 0.4) is 0 Å². The van der Waals surface area contributed by atoms with Crippen molar-refractivity contribution in [1.29, 1.82) is 0 Å². The van der Waals surface area contributed by atoms with Gasteiger partial charge >= 0.3 is 5.97 Å². The number of ether oxygens (including phenoxy) is 1. The molecule has 0 saturated carbocycles. The Morgan fingerprint density at radius 1 is 0.667 bits per heavy atom. The lowest BCUT2D eigenvalue weighted by Crippen LogP contribution is -2.46. The van der Waals surface area contributed by atoms with Crippen molar-refractivity contribution < 1.29 is 22.7 Å². The summed E-state index contributed by atoms with van der Waals surface area (Å²) in [5.74, 6) is -1.02. The quantitative estimate of drug-likeness (QED) is 0.262. The van der Waals surface area contributed by atoms with E-state index in [1.165, 1.54) is 12.1 Å². The first-order valence-corrected chi connectivity index (χ1v) is 14.1. The number of benzene rings is 4. The monoisotopic (exact) mass is 542 g/mol. The van der Waals surface area contributed by atoms with E-state index in [0.29, 0.717) is 12.0 Å². The van der Waals surface area contributed by atoms with Crippen molar-refractivity contribution in [3.05, 3.63) is 138 Å². The molecule has 39 heavy (non-hydrogen) atoms. The number of hydrogen-bond acceptors (Lipinski definition) is 5. The normalized spacial score (nSPS) is 12.7. The summed E-state index contributed by atoms with van der Waals surface area (Å²) in [6, 6.07) is 33.6. The molecule has 2 atom stereocenters. The van der Waals surface area contributed by atoms with Crippen LogP contribution in [0.2, 0.25) is 0 Å². The van der Waals surface area contributed by atoms with E-state index >= 15 is 0 Å². The molecule has 7 nitrogen and oxygen atoms in total. The van der Waals surface area contributed by atoms with Gasteiger partial charge < -0.3 is 10.1 Å². The van der Waals surface area contributed by atoms with Crippen LogP contribution in [0.4, 0.5) is 0 Å². The zero-order valence-electron chi connectivity index (χ0n) is 21.3. The van der Waals surface area contributed by atoms with E-state index in [1.54, 1.807) is 42.5 Å². The molecule has 0 heterocycles. The van der Waals surface area contributed by atoms with Crippen molar-refractivity contribution in [3.8, 4) is 0 Å². The number of amides is 1. The maximum atomic E-state index is 13.3. The summed E-state index contributed by atoms with van der Waals surface area (Å²) in [5.41, 5.74) is 2.21. The molecule has 1 amide bonds. The SMILES string of the molecule is O=C(NC(COC(=O)C(Cc1ccccc1)NS(=O)(=O)c1ccccc1)Cc1ccccc1)c1ccccc1. The fourth-order valence-corrected chi connectivity index (χ4v) is 5.28. The van der Waals surface area contributed by atoms with E-state index in [-0.39, 0.29) is 23.8 Å². The average molecular weight is 543 g/mol. The van der Waals surface area contributed by atoms with Crippen LogP contribution in [0.5, 0.6) is 0 Å². The molecule has 0 spiro atoms. The Balaban J connectivity index is 1.51. The van der Waals surface area contributed by atoms with Crippen molar-refractivity contribution in [2.75, 3.05) is 6.61 Å². The van der Waals surface area contributed by atoms with Crippen molar-refractivity contribution in [2.45, 2.75) is 29.8 Å². The van der Waals surface area contributed by atoms with Gasteiger partial charge in [-0.15, -0.1) is 0 Å². The first kappa shape index (κ1) is 27.8. The molecular formula is C31H30N2O5S. The molecule has 2 N–H and O–H groups in total. The molecule has 4 aromatic rings. The highest BCUT2D eigenvalue weighted by molar-refractivity contribution is 7.89. The van der Waals surface area contributed by atoms with Gasteiger partial charge in [0, 0.05) is 5.56 Å². The number of carbonyl (C=O) groups is 2. The van der Waals surface area contributed by atoms with Gasteiger partial charge in [-0.2, -0.15) is 4.72 Å². The summed E-state index contributed by atoms with van der Waals surface area (Å²) in [5, 5.41) is 2.95. The van der Waals surface area contributed by atoms with E-state index in [0.717, 1.165) is 11.1 Å². The Kier molecular flexibility index (Phi) is 9.61. The van der Waals surface area contributed by atoms with E-state index in [1.807, 2.05) is 66.7 Å². The molecule has 4 rings (SSSR count). The van der Waals surface area contributed by atoms with Gasteiger partial charge in [-0.3, -0.25) is 9.59 Å². The molecular weight excluding hydrogens is 512 g/mol. The molecule has 0 bridgehead atoms. The smallest absolute Gasteiger partial charge is 0.324 e. The third-order valence-corrected chi connectivity index (χ3v) is 7.53. The second-order valence-corrected chi connectivity index (χ2v) is 10.7. The third kappa shape index (κ3) is 8.36. The third-order valence-electron chi connectivity index (χ3n) is 6.04. The minimum Gasteiger partial charge on any atom is -0.462 e. The van der Waals surface area contributed by atoms with E-state index < -0.39 is 28.1 Å². The Morgan fingerprint density at radius 3 is 1.72 bits per heavy atom. The first-order valence-electron chi connectivity index (χ1n) is 12.6. The second kappa shape index (κ2) is 13.5. The fourth-order valence-electron chi connectivity index (χ4n) is 4.07. The molecule has 0 aliphatic carbocycles. The summed E-state index contributed by atoms with van der Waals surface area (Å²) in [7, 11) is -3.99. The van der Waals surface area contributed by atoms with Gasteiger partial charge in [0.1, 0.15) is 12.6 Å². The average Bonchev–Trinajstić information content (AvgIpc) is 2.97. The first-order chi connectivity index (χ1) is 18.9. The molecule has 200 valence electrons. The van der Waals surface area contributed by atoms with E-state index in [4.69, 9.17) is 4.74 Å². The van der Waals surface area contributed by atoms with Gasteiger partial charge in [0.25, 0.3) is 5.91 Å². The predicted molar refractivity (Wildman–Crippen MR) is 149 cm³/mol. The molecule has 0 radical (unpaired) electrons. The Morgan fingerprint density at radius 2 is 1.15 bits per heavy atom. The Labute approximate surface area is 228 Å². The van der Waals surface area contributed by atoms with Crippen molar-refractivity contribution in [2.24, 2.45) is 0 Å². The molecule has 0 fully saturated rings. The number of esters is 1. The number of rotatable bonds is 12. The summed E-state index contributed by atoms with van der Waals surface area (Å²) >= 11 is 0. The number of hydrogen-bond donors (Lipinski definition) is 2. The van der Waals surface area contributed by atoms with Crippen molar-refractivity contribution in [3.63, 3.8) is 0 Å². The van der Waals surface area contributed by atoms with Crippen molar-refractivity contribution in [1.82, 2.24) is 10.0 Å². The Hall–Kier alpha value is -4.27. The van der Waals surface area contributed by atoms with Crippen LogP contribution in [0.25, 0.3) is 0 Å². The van der Waals surface area contributed by atoms with Gasteiger partial charge in [-0.1, -0.05) is 97.1 Å². The largest absolute Gasteiger partial charge is 0.462 e. The zero-order valence-corrected chi connectivity index (χ0v) is 22.1. The standard InChI is InChI=1S/C31H30N2O5S/c34-30(26-17-9-3-10-18-26)32-27(21-24-13-5-1-6-14-24)23-38-31(35)29(22-25-15-7-2-8-16-25)33-39(36,37)28-19-11-4-12-20-28/h1-20,27,29,33H,21-23H2,(H,32,34). The Bertz CT molecular complexity index is 1450. The number of nitrogens with one attached hydrogen (secondary N) is 2. The molecule has 4 aromatic carbocycles. The lowest BCUT2D eigenvalue weighted by molar-refractivity contribution is -0.146. The van der Waals surface area contributed by atoms with Crippen LogP contribution in [-0.4, -0.2) is 39.0 Å². The molecule has 0 aliphatic heterocycles.